The van der Waals surface area contributed by atoms with Gasteiger partial charge < -0.3 is 14.3 Å². The van der Waals surface area contributed by atoms with E-state index in [-0.39, 0.29) is 11.5 Å². The van der Waals surface area contributed by atoms with E-state index in [1.165, 1.54) is 5.75 Å². The van der Waals surface area contributed by atoms with Crippen LogP contribution in [0.25, 0.3) is 0 Å². The lowest BCUT2D eigenvalue weighted by Gasteiger charge is -2.39. The highest BCUT2D eigenvalue weighted by atomic mass is 32.2. The molecule has 1 N–H and O–H groups in total. The molecule has 0 bridgehead atoms. The van der Waals surface area contributed by atoms with Gasteiger partial charge in [0.2, 0.25) is 0 Å². The largest absolute Gasteiger partial charge is 0.467 e. The van der Waals surface area contributed by atoms with Gasteiger partial charge in [-0.15, -0.1) is 0 Å². The number of ether oxygens (including phenoxy) is 1. The van der Waals surface area contributed by atoms with E-state index in [2.05, 4.69) is 0 Å². The van der Waals surface area contributed by atoms with Crippen LogP contribution in [0.5, 0.6) is 0 Å². The summed E-state index contributed by atoms with van der Waals surface area (Å²) in [5.74, 6) is 3.23. The van der Waals surface area contributed by atoms with Gasteiger partial charge >= 0.3 is 0 Å². The Labute approximate surface area is 106 Å². The first kappa shape index (κ1) is 11.6. The van der Waals surface area contributed by atoms with E-state index in [1.807, 2.05) is 23.9 Å². The molecule has 1 aromatic rings. The average molecular weight is 254 g/mol. The third-order valence-corrected chi connectivity index (χ3v) is 5.10. The normalized spacial score (nSPS) is 35.2. The molecule has 3 atom stereocenters. The Kier molecular flexibility index (Phi) is 3.19. The van der Waals surface area contributed by atoms with E-state index in [0.717, 1.165) is 31.6 Å². The van der Waals surface area contributed by atoms with Crippen molar-refractivity contribution in [3.05, 3.63) is 24.2 Å². The fourth-order valence-corrected chi connectivity index (χ4v) is 4.27. The van der Waals surface area contributed by atoms with Crippen molar-refractivity contribution in [3.63, 3.8) is 0 Å². The number of hydrogen-bond acceptors (Lipinski definition) is 4. The van der Waals surface area contributed by atoms with Crippen molar-refractivity contribution < 1.29 is 14.3 Å². The van der Waals surface area contributed by atoms with Gasteiger partial charge in [-0.25, -0.2) is 0 Å². The standard InChI is InChI=1S/C13H18O3S/c14-12(11-2-1-5-15-11)10-3-6-16-13(8-10)4-7-17-9-13/h1-2,5,10,12,14H,3-4,6-9H2. The minimum Gasteiger partial charge on any atom is -0.467 e. The van der Waals surface area contributed by atoms with Crippen LogP contribution < -0.4 is 0 Å². The van der Waals surface area contributed by atoms with Gasteiger partial charge in [-0.3, -0.25) is 0 Å². The molecule has 3 heterocycles. The van der Waals surface area contributed by atoms with Gasteiger partial charge in [0, 0.05) is 12.4 Å². The van der Waals surface area contributed by atoms with Gasteiger partial charge in [0.1, 0.15) is 11.9 Å². The van der Waals surface area contributed by atoms with Crippen LogP contribution in [0.15, 0.2) is 22.8 Å². The van der Waals surface area contributed by atoms with Crippen molar-refractivity contribution in [3.8, 4) is 0 Å². The van der Waals surface area contributed by atoms with Gasteiger partial charge in [0.25, 0.3) is 0 Å². The Morgan fingerprint density at radius 1 is 1.53 bits per heavy atom. The molecule has 1 spiro atoms. The third-order valence-electron chi connectivity index (χ3n) is 3.88. The van der Waals surface area contributed by atoms with Gasteiger partial charge in [-0.2, -0.15) is 11.8 Å². The molecule has 2 fully saturated rings. The molecule has 0 saturated carbocycles. The summed E-state index contributed by atoms with van der Waals surface area (Å²) in [5.41, 5.74) is 0.0289. The maximum atomic E-state index is 10.3. The molecule has 0 aliphatic carbocycles. The second kappa shape index (κ2) is 4.67. The van der Waals surface area contributed by atoms with Gasteiger partial charge in [-0.1, -0.05) is 0 Å². The first-order valence-electron chi connectivity index (χ1n) is 6.22. The Morgan fingerprint density at radius 2 is 2.47 bits per heavy atom. The summed E-state index contributed by atoms with van der Waals surface area (Å²) in [6.07, 6.45) is 4.16. The Balaban J connectivity index is 1.71. The number of aliphatic hydroxyl groups excluding tert-OH is 1. The molecule has 3 nitrogen and oxygen atoms in total. The summed E-state index contributed by atoms with van der Waals surface area (Å²) >= 11 is 1.96. The molecule has 94 valence electrons. The molecule has 0 amide bonds. The van der Waals surface area contributed by atoms with E-state index in [0.29, 0.717) is 5.76 Å². The molecule has 1 aromatic heterocycles. The summed E-state index contributed by atoms with van der Waals surface area (Å²) < 4.78 is 11.3. The van der Waals surface area contributed by atoms with Crippen LogP contribution in [0.2, 0.25) is 0 Å². The molecular formula is C13H18O3S. The molecule has 2 aliphatic rings. The lowest BCUT2D eigenvalue weighted by Crippen LogP contribution is -2.41. The van der Waals surface area contributed by atoms with Crippen LogP contribution in [0.1, 0.15) is 31.1 Å². The van der Waals surface area contributed by atoms with Gasteiger partial charge in [0.15, 0.2) is 0 Å². The molecule has 0 aromatic carbocycles. The molecule has 0 radical (unpaired) electrons. The number of aliphatic hydroxyl groups is 1. The lowest BCUT2D eigenvalue weighted by atomic mass is 9.81. The zero-order chi connectivity index (χ0) is 11.7. The predicted octanol–water partition coefficient (Wildman–Crippen LogP) is 2.62. The topological polar surface area (TPSA) is 42.6 Å². The Hall–Kier alpha value is -0.450. The number of thioether (sulfide) groups is 1. The van der Waals surface area contributed by atoms with Crippen molar-refractivity contribution in [1.29, 1.82) is 0 Å². The molecule has 4 heteroatoms. The van der Waals surface area contributed by atoms with Crippen LogP contribution in [-0.4, -0.2) is 28.8 Å². The highest BCUT2D eigenvalue weighted by Gasteiger charge is 2.42. The minimum absolute atomic E-state index is 0.0289. The molecule has 3 unspecified atom stereocenters. The van der Waals surface area contributed by atoms with E-state index in [4.69, 9.17) is 9.15 Å². The van der Waals surface area contributed by atoms with Crippen LogP contribution in [0.4, 0.5) is 0 Å². The van der Waals surface area contributed by atoms with Crippen molar-refractivity contribution in [2.45, 2.75) is 31.0 Å². The van der Waals surface area contributed by atoms with Gasteiger partial charge in [-0.05, 0) is 43.1 Å². The van der Waals surface area contributed by atoms with E-state index >= 15 is 0 Å². The minimum atomic E-state index is -0.476. The summed E-state index contributed by atoms with van der Waals surface area (Å²) in [6.45, 7) is 0.767. The second-order valence-electron chi connectivity index (χ2n) is 5.05. The maximum Gasteiger partial charge on any atom is 0.132 e. The predicted molar refractivity (Wildman–Crippen MR) is 67.0 cm³/mol. The highest BCUT2D eigenvalue weighted by Crippen LogP contribution is 2.43. The van der Waals surface area contributed by atoms with E-state index < -0.39 is 6.10 Å². The van der Waals surface area contributed by atoms with E-state index in [9.17, 15) is 5.11 Å². The first-order valence-corrected chi connectivity index (χ1v) is 7.38. The Morgan fingerprint density at radius 3 is 3.18 bits per heavy atom. The van der Waals surface area contributed by atoms with Crippen molar-refractivity contribution in [1.82, 2.24) is 0 Å². The number of hydrogen-bond donors (Lipinski definition) is 1. The SMILES string of the molecule is OC(c1ccco1)C1CCOC2(CCSC2)C1. The molecule has 17 heavy (non-hydrogen) atoms. The van der Waals surface area contributed by atoms with Crippen LogP contribution in [-0.2, 0) is 4.74 Å². The van der Waals surface area contributed by atoms with Crippen LogP contribution in [0, 0.1) is 5.92 Å². The zero-order valence-corrected chi connectivity index (χ0v) is 10.6. The number of rotatable bonds is 2. The highest BCUT2D eigenvalue weighted by molar-refractivity contribution is 7.99. The molecule has 2 saturated heterocycles. The zero-order valence-electron chi connectivity index (χ0n) is 9.80. The van der Waals surface area contributed by atoms with Crippen molar-refractivity contribution in [2.75, 3.05) is 18.1 Å². The van der Waals surface area contributed by atoms with Gasteiger partial charge in [0.05, 0.1) is 11.9 Å². The smallest absolute Gasteiger partial charge is 0.132 e. The molecular weight excluding hydrogens is 236 g/mol. The first-order chi connectivity index (χ1) is 8.29. The fraction of sp³-hybridized carbons (Fsp3) is 0.692. The molecule has 2 aliphatic heterocycles. The van der Waals surface area contributed by atoms with E-state index in [1.54, 1.807) is 6.26 Å². The maximum absolute atomic E-state index is 10.3. The number of furan rings is 1. The van der Waals surface area contributed by atoms with Crippen molar-refractivity contribution >= 4 is 11.8 Å². The van der Waals surface area contributed by atoms with Crippen molar-refractivity contribution in [2.24, 2.45) is 5.92 Å². The third kappa shape index (κ3) is 2.26. The second-order valence-corrected chi connectivity index (χ2v) is 6.15. The fourth-order valence-electron chi connectivity index (χ4n) is 2.89. The summed E-state index contributed by atoms with van der Waals surface area (Å²) in [5, 5.41) is 10.3. The summed E-state index contributed by atoms with van der Waals surface area (Å²) in [7, 11) is 0. The quantitative estimate of drug-likeness (QED) is 0.881. The molecule has 3 rings (SSSR count). The van der Waals surface area contributed by atoms with Crippen LogP contribution >= 0.6 is 11.8 Å². The Bertz CT molecular complexity index is 357. The van der Waals surface area contributed by atoms with Crippen LogP contribution in [0.3, 0.4) is 0 Å². The summed E-state index contributed by atoms with van der Waals surface area (Å²) in [4.78, 5) is 0. The monoisotopic (exact) mass is 254 g/mol. The average Bonchev–Trinajstić information content (AvgIpc) is 3.00. The lowest BCUT2D eigenvalue weighted by molar-refractivity contribution is -0.104. The summed E-state index contributed by atoms with van der Waals surface area (Å²) in [6, 6.07) is 3.69.